The molecule has 0 radical (unpaired) electrons. The van der Waals surface area contributed by atoms with Crippen LogP contribution < -0.4 is 9.80 Å². The SMILES string of the molecule is Cc1ccc(-c2ccccc2)cc1N1c2c(ccc(C#N)c2C#N)N(C)[C@@H]1C. The van der Waals surface area contributed by atoms with Gasteiger partial charge in [0.1, 0.15) is 18.3 Å². The van der Waals surface area contributed by atoms with Crippen molar-refractivity contribution >= 4 is 17.1 Å². The largest absolute Gasteiger partial charge is 0.352 e. The van der Waals surface area contributed by atoms with Crippen molar-refractivity contribution in [1.82, 2.24) is 0 Å². The quantitative estimate of drug-likeness (QED) is 0.616. The van der Waals surface area contributed by atoms with Crippen molar-refractivity contribution in [1.29, 1.82) is 10.5 Å². The van der Waals surface area contributed by atoms with Crippen LogP contribution >= 0.6 is 0 Å². The molecular weight excluding hydrogens is 344 g/mol. The number of benzene rings is 3. The second-order valence-corrected chi connectivity index (χ2v) is 7.06. The molecule has 0 aliphatic carbocycles. The Morgan fingerprint density at radius 3 is 2.29 bits per heavy atom. The molecule has 0 N–H and O–H groups in total. The van der Waals surface area contributed by atoms with Gasteiger partial charge in [0, 0.05) is 12.7 Å². The second-order valence-electron chi connectivity index (χ2n) is 7.06. The average Bonchev–Trinajstić information content (AvgIpc) is 2.99. The Morgan fingerprint density at radius 1 is 0.857 bits per heavy atom. The fourth-order valence-electron chi connectivity index (χ4n) is 3.88. The monoisotopic (exact) mass is 364 g/mol. The van der Waals surface area contributed by atoms with E-state index in [4.69, 9.17) is 0 Å². The van der Waals surface area contributed by atoms with Gasteiger partial charge < -0.3 is 9.80 Å². The summed E-state index contributed by atoms with van der Waals surface area (Å²) < 4.78 is 0. The Balaban J connectivity index is 1.95. The van der Waals surface area contributed by atoms with Crippen molar-refractivity contribution in [2.45, 2.75) is 20.0 Å². The fourth-order valence-corrected chi connectivity index (χ4v) is 3.88. The van der Waals surface area contributed by atoms with Crippen LogP contribution in [0, 0.1) is 29.6 Å². The zero-order valence-corrected chi connectivity index (χ0v) is 16.1. The first kappa shape index (κ1) is 17.6. The van der Waals surface area contributed by atoms with Crippen molar-refractivity contribution in [3.05, 3.63) is 77.4 Å². The van der Waals surface area contributed by atoms with Gasteiger partial charge >= 0.3 is 0 Å². The highest BCUT2D eigenvalue weighted by atomic mass is 15.4. The fraction of sp³-hybridized carbons (Fsp3) is 0.167. The third kappa shape index (κ3) is 2.59. The molecule has 0 spiro atoms. The predicted octanol–water partition coefficient (Wildman–Crippen LogP) is 5.34. The van der Waals surface area contributed by atoms with Gasteiger partial charge in [0.25, 0.3) is 0 Å². The maximum Gasteiger partial charge on any atom is 0.103 e. The van der Waals surface area contributed by atoms with Crippen LogP contribution in [0.4, 0.5) is 17.1 Å². The molecule has 4 rings (SSSR count). The average molecular weight is 364 g/mol. The molecule has 3 aromatic rings. The van der Waals surface area contributed by atoms with Crippen molar-refractivity contribution in [3.63, 3.8) is 0 Å². The lowest BCUT2D eigenvalue weighted by molar-refractivity contribution is 0.732. The molecule has 0 fully saturated rings. The topological polar surface area (TPSA) is 54.1 Å². The van der Waals surface area contributed by atoms with E-state index in [1.54, 1.807) is 6.07 Å². The summed E-state index contributed by atoms with van der Waals surface area (Å²) in [6.45, 7) is 4.19. The first-order valence-electron chi connectivity index (χ1n) is 9.22. The molecule has 1 atom stereocenters. The van der Waals surface area contributed by atoms with Gasteiger partial charge in [-0.2, -0.15) is 10.5 Å². The van der Waals surface area contributed by atoms with Gasteiger partial charge in [0.05, 0.1) is 22.5 Å². The van der Waals surface area contributed by atoms with E-state index in [0.29, 0.717) is 11.1 Å². The molecule has 136 valence electrons. The van der Waals surface area contributed by atoms with E-state index in [9.17, 15) is 10.5 Å². The van der Waals surface area contributed by atoms with Crippen LogP contribution in [0.3, 0.4) is 0 Å². The number of nitriles is 2. The number of aryl methyl sites for hydroxylation is 1. The van der Waals surface area contributed by atoms with Crippen LogP contribution in [-0.4, -0.2) is 13.2 Å². The summed E-state index contributed by atoms with van der Waals surface area (Å²) in [5, 5.41) is 19.3. The van der Waals surface area contributed by atoms with Gasteiger partial charge in [0.15, 0.2) is 0 Å². The van der Waals surface area contributed by atoms with Gasteiger partial charge in [0.2, 0.25) is 0 Å². The van der Waals surface area contributed by atoms with Gasteiger partial charge in [-0.05, 0) is 48.7 Å². The third-order valence-electron chi connectivity index (χ3n) is 5.52. The molecule has 28 heavy (non-hydrogen) atoms. The number of anilines is 3. The van der Waals surface area contributed by atoms with Crippen LogP contribution in [0.1, 0.15) is 23.6 Å². The van der Waals surface area contributed by atoms with E-state index in [0.717, 1.165) is 33.8 Å². The summed E-state index contributed by atoms with van der Waals surface area (Å²) in [4.78, 5) is 4.32. The van der Waals surface area contributed by atoms with E-state index in [-0.39, 0.29) is 6.17 Å². The number of fused-ring (bicyclic) bond motifs is 1. The van der Waals surface area contributed by atoms with Crippen molar-refractivity contribution in [2.75, 3.05) is 16.8 Å². The molecule has 0 unspecified atom stereocenters. The Morgan fingerprint density at radius 2 is 1.61 bits per heavy atom. The zero-order chi connectivity index (χ0) is 19.8. The first-order valence-corrected chi connectivity index (χ1v) is 9.22. The lowest BCUT2D eigenvalue weighted by Crippen LogP contribution is -2.36. The number of nitrogens with zero attached hydrogens (tertiary/aromatic N) is 4. The first-order chi connectivity index (χ1) is 13.6. The zero-order valence-electron chi connectivity index (χ0n) is 16.1. The lowest BCUT2D eigenvalue weighted by atomic mass is 10.0. The number of hydrogen-bond donors (Lipinski definition) is 0. The molecule has 0 bridgehead atoms. The summed E-state index contributed by atoms with van der Waals surface area (Å²) in [6.07, 6.45) is 0.0285. The molecule has 1 aliphatic rings. The number of hydrogen-bond acceptors (Lipinski definition) is 4. The smallest absolute Gasteiger partial charge is 0.103 e. The normalized spacial score (nSPS) is 15.1. The highest BCUT2D eigenvalue weighted by Crippen LogP contribution is 2.47. The van der Waals surface area contributed by atoms with E-state index < -0.39 is 0 Å². The van der Waals surface area contributed by atoms with Crippen LogP contribution in [0.5, 0.6) is 0 Å². The lowest BCUT2D eigenvalue weighted by Gasteiger charge is -2.29. The molecule has 0 aromatic heterocycles. The summed E-state index contributed by atoms with van der Waals surface area (Å²) >= 11 is 0. The minimum atomic E-state index is 0.0285. The molecule has 4 heteroatoms. The van der Waals surface area contributed by atoms with Gasteiger partial charge in [-0.15, -0.1) is 0 Å². The van der Waals surface area contributed by atoms with Gasteiger partial charge in [-0.1, -0.05) is 42.5 Å². The highest BCUT2D eigenvalue weighted by molar-refractivity contribution is 5.90. The molecule has 1 aliphatic heterocycles. The van der Waals surface area contributed by atoms with Crippen LogP contribution in [0.2, 0.25) is 0 Å². The van der Waals surface area contributed by atoms with Crippen LogP contribution in [0.15, 0.2) is 60.7 Å². The Kier molecular flexibility index (Phi) is 4.26. The minimum absolute atomic E-state index is 0.0285. The van der Waals surface area contributed by atoms with E-state index >= 15 is 0 Å². The minimum Gasteiger partial charge on any atom is -0.352 e. The Labute approximate surface area is 165 Å². The number of rotatable bonds is 2. The molecule has 0 saturated carbocycles. The summed E-state index contributed by atoms with van der Waals surface area (Å²) in [5.74, 6) is 0. The summed E-state index contributed by atoms with van der Waals surface area (Å²) in [5.41, 5.74) is 7.06. The molecule has 0 amide bonds. The molecule has 1 heterocycles. The Bertz CT molecular complexity index is 1140. The molecule has 0 saturated heterocycles. The van der Waals surface area contributed by atoms with E-state index in [2.05, 4.69) is 66.1 Å². The van der Waals surface area contributed by atoms with Gasteiger partial charge in [-0.3, -0.25) is 0 Å². The van der Waals surface area contributed by atoms with Crippen molar-refractivity contribution in [2.24, 2.45) is 0 Å². The van der Waals surface area contributed by atoms with Gasteiger partial charge in [-0.25, -0.2) is 0 Å². The standard InChI is InChI=1S/C24H20N4/c1-16-9-10-19(18-7-5-4-6-8-18)13-23(16)28-17(2)27(3)22-12-11-20(14-25)21(15-26)24(22)28/h4-13,17H,1-3H3/t17-/m0/s1. The maximum atomic E-state index is 9.81. The second kappa shape index (κ2) is 6.76. The Hall–Kier alpha value is -3.76. The highest BCUT2D eigenvalue weighted by Gasteiger charge is 2.35. The van der Waals surface area contributed by atoms with E-state index in [1.807, 2.05) is 31.3 Å². The summed E-state index contributed by atoms with van der Waals surface area (Å²) in [7, 11) is 2.02. The molecular formula is C24H20N4. The van der Waals surface area contributed by atoms with Crippen LogP contribution in [0.25, 0.3) is 11.1 Å². The van der Waals surface area contributed by atoms with Crippen LogP contribution in [-0.2, 0) is 0 Å². The molecule has 3 aromatic carbocycles. The predicted molar refractivity (Wildman–Crippen MR) is 112 cm³/mol. The summed E-state index contributed by atoms with van der Waals surface area (Å²) in [6, 6.07) is 24.8. The van der Waals surface area contributed by atoms with Crippen molar-refractivity contribution < 1.29 is 0 Å². The molecule has 4 nitrogen and oxygen atoms in total. The van der Waals surface area contributed by atoms with E-state index in [1.165, 1.54) is 0 Å². The van der Waals surface area contributed by atoms with Crippen molar-refractivity contribution in [3.8, 4) is 23.3 Å². The maximum absolute atomic E-state index is 9.81. The third-order valence-corrected chi connectivity index (χ3v) is 5.52.